The van der Waals surface area contributed by atoms with Gasteiger partial charge in [0.05, 0.1) is 6.61 Å². The van der Waals surface area contributed by atoms with Crippen LogP contribution in [0.1, 0.15) is 18.1 Å². The molecule has 0 bridgehead atoms. The first-order valence-electron chi connectivity index (χ1n) is 3.76. The molecule has 0 saturated heterocycles. The lowest BCUT2D eigenvalue weighted by molar-refractivity contribution is 0.275. The highest BCUT2D eigenvalue weighted by Gasteiger charge is 2.07. The maximum Gasteiger partial charge on any atom is 0.131 e. The van der Waals surface area contributed by atoms with Crippen LogP contribution in [-0.2, 0) is 13.0 Å². The van der Waals surface area contributed by atoms with Crippen molar-refractivity contribution < 1.29 is 13.9 Å². The molecule has 0 aromatic heterocycles. The highest BCUT2D eigenvalue weighted by molar-refractivity contribution is 5.26. The van der Waals surface area contributed by atoms with Gasteiger partial charge in [0.15, 0.2) is 0 Å². The van der Waals surface area contributed by atoms with Crippen LogP contribution in [0.4, 0.5) is 8.78 Å². The van der Waals surface area contributed by atoms with Crippen molar-refractivity contribution in [2.24, 2.45) is 0 Å². The molecule has 1 aromatic carbocycles. The van der Waals surface area contributed by atoms with Gasteiger partial charge in [-0.05, 0) is 18.1 Å². The molecule has 3 heteroatoms. The van der Waals surface area contributed by atoms with E-state index in [4.69, 9.17) is 5.11 Å². The van der Waals surface area contributed by atoms with Gasteiger partial charge in [0.1, 0.15) is 11.6 Å². The summed E-state index contributed by atoms with van der Waals surface area (Å²) in [6.07, 6.45) is 0.499. The van der Waals surface area contributed by atoms with E-state index in [1.165, 1.54) is 6.07 Å². The molecule has 0 aliphatic heterocycles. The zero-order chi connectivity index (χ0) is 9.14. The van der Waals surface area contributed by atoms with Crippen LogP contribution < -0.4 is 0 Å². The van der Waals surface area contributed by atoms with E-state index in [1.54, 1.807) is 6.92 Å². The van der Waals surface area contributed by atoms with Gasteiger partial charge in [0, 0.05) is 11.6 Å². The summed E-state index contributed by atoms with van der Waals surface area (Å²) >= 11 is 0. The molecule has 0 fully saturated rings. The van der Waals surface area contributed by atoms with Crippen LogP contribution in [0, 0.1) is 11.6 Å². The molecule has 0 amide bonds. The zero-order valence-corrected chi connectivity index (χ0v) is 6.77. The molecule has 1 aromatic rings. The normalized spacial score (nSPS) is 10.3. The van der Waals surface area contributed by atoms with Crippen LogP contribution in [0.2, 0.25) is 0 Å². The van der Waals surface area contributed by atoms with Gasteiger partial charge in [-0.15, -0.1) is 0 Å². The molecular formula is C9H10F2O. The summed E-state index contributed by atoms with van der Waals surface area (Å²) in [5.41, 5.74) is 0.578. The maximum atomic E-state index is 12.8. The molecule has 12 heavy (non-hydrogen) atoms. The molecule has 1 N–H and O–H groups in total. The number of rotatable bonds is 2. The summed E-state index contributed by atoms with van der Waals surface area (Å²) in [7, 11) is 0. The third-order valence-corrected chi connectivity index (χ3v) is 1.77. The van der Waals surface area contributed by atoms with Gasteiger partial charge in [-0.3, -0.25) is 0 Å². The van der Waals surface area contributed by atoms with E-state index in [-0.39, 0.29) is 12.2 Å². The summed E-state index contributed by atoms with van der Waals surface area (Å²) in [5, 5.41) is 8.67. The zero-order valence-electron chi connectivity index (χ0n) is 6.77. The van der Waals surface area contributed by atoms with Gasteiger partial charge in [0.25, 0.3) is 0 Å². The van der Waals surface area contributed by atoms with E-state index in [1.807, 2.05) is 0 Å². The average molecular weight is 172 g/mol. The van der Waals surface area contributed by atoms with E-state index in [9.17, 15) is 8.78 Å². The smallest absolute Gasteiger partial charge is 0.131 e. The molecule has 0 spiro atoms. The SMILES string of the molecule is CCc1cc(CO)c(F)cc1F. The third kappa shape index (κ3) is 1.61. The van der Waals surface area contributed by atoms with Crippen molar-refractivity contribution in [3.8, 4) is 0 Å². The molecule has 66 valence electrons. The first kappa shape index (κ1) is 9.13. The van der Waals surface area contributed by atoms with Crippen molar-refractivity contribution in [2.75, 3.05) is 0 Å². The van der Waals surface area contributed by atoms with Crippen LogP contribution in [-0.4, -0.2) is 5.11 Å². The molecule has 0 heterocycles. The number of aliphatic hydroxyl groups excluding tert-OH is 1. The fourth-order valence-electron chi connectivity index (χ4n) is 1.04. The van der Waals surface area contributed by atoms with Crippen molar-refractivity contribution in [3.63, 3.8) is 0 Å². The third-order valence-electron chi connectivity index (χ3n) is 1.77. The van der Waals surface area contributed by atoms with E-state index in [0.717, 1.165) is 6.07 Å². The van der Waals surface area contributed by atoms with Crippen molar-refractivity contribution in [3.05, 3.63) is 34.9 Å². The lowest BCUT2D eigenvalue weighted by atomic mass is 10.1. The Balaban J connectivity index is 3.18. The average Bonchev–Trinajstić information content (AvgIpc) is 2.05. The minimum absolute atomic E-state index is 0.147. The van der Waals surface area contributed by atoms with Crippen molar-refractivity contribution in [1.29, 1.82) is 0 Å². The standard InChI is InChI=1S/C9H10F2O/c1-2-6-3-7(5-12)9(11)4-8(6)10/h3-4,12H,2,5H2,1H3. The Morgan fingerprint density at radius 1 is 1.17 bits per heavy atom. The molecule has 0 aliphatic rings. The van der Waals surface area contributed by atoms with Gasteiger partial charge < -0.3 is 5.11 Å². The Hall–Kier alpha value is -0.960. The predicted octanol–water partition coefficient (Wildman–Crippen LogP) is 2.02. The van der Waals surface area contributed by atoms with E-state index >= 15 is 0 Å². The fraction of sp³-hybridized carbons (Fsp3) is 0.333. The number of benzene rings is 1. The minimum Gasteiger partial charge on any atom is -0.392 e. The molecule has 1 nitrogen and oxygen atoms in total. The van der Waals surface area contributed by atoms with Gasteiger partial charge in [-0.2, -0.15) is 0 Å². The van der Waals surface area contributed by atoms with E-state index < -0.39 is 11.6 Å². The highest BCUT2D eigenvalue weighted by Crippen LogP contribution is 2.15. The number of hydrogen-bond acceptors (Lipinski definition) is 1. The second-order valence-corrected chi connectivity index (χ2v) is 2.55. The van der Waals surface area contributed by atoms with Crippen molar-refractivity contribution >= 4 is 0 Å². The van der Waals surface area contributed by atoms with Crippen LogP contribution in [0.25, 0.3) is 0 Å². The van der Waals surface area contributed by atoms with Crippen LogP contribution in [0.5, 0.6) is 0 Å². The molecule has 0 unspecified atom stereocenters. The Labute approximate surface area is 69.7 Å². The first-order valence-corrected chi connectivity index (χ1v) is 3.76. The number of aryl methyl sites for hydroxylation is 1. The first-order chi connectivity index (χ1) is 5.69. The Bertz CT molecular complexity index is 259. The molecule has 0 saturated carbocycles. The molecule has 1 rings (SSSR count). The van der Waals surface area contributed by atoms with Crippen molar-refractivity contribution in [2.45, 2.75) is 20.0 Å². The van der Waals surface area contributed by atoms with Gasteiger partial charge in [-0.1, -0.05) is 6.92 Å². The lowest BCUT2D eigenvalue weighted by Gasteiger charge is -2.03. The van der Waals surface area contributed by atoms with Crippen LogP contribution in [0.3, 0.4) is 0 Å². The highest BCUT2D eigenvalue weighted by atomic mass is 19.1. The predicted molar refractivity (Wildman–Crippen MR) is 41.7 cm³/mol. The topological polar surface area (TPSA) is 20.2 Å². The second-order valence-electron chi connectivity index (χ2n) is 2.55. The van der Waals surface area contributed by atoms with Gasteiger partial charge in [-0.25, -0.2) is 8.78 Å². The largest absolute Gasteiger partial charge is 0.392 e. The summed E-state index contributed by atoms with van der Waals surface area (Å²) in [6, 6.07) is 2.16. The Morgan fingerprint density at radius 3 is 2.25 bits per heavy atom. The summed E-state index contributed by atoms with van der Waals surface area (Å²) in [5.74, 6) is -1.24. The number of aliphatic hydroxyl groups is 1. The van der Waals surface area contributed by atoms with E-state index in [0.29, 0.717) is 12.0 Å². The lowest BCUT2D eigenvalue weighted by Crippen LogP contribution is -1.96. The summed E-state index contributed by atoms with van der Waals surface area (Å²) in [4.78, 5) is 0. The van der Waals surface area contributed by atoms with Gasteiger partial charge in [0.2, 0.25) is 0 Å². The van der Waals surface area contributed by atoms with Crippen LogP contribution >= 0.6 is 0 Å². The van der Waals surface area contributed by atoms with Crippen molar-refractivity contribution in [1.82, 2.24) is 0 Å². The number of hydrogen-bond donors (Lipinski definition) is 1. The van der Waals surface area contributed by atoms with E-state index in [2.05, 4.69) is 0 Å². The molecule has 0 atom stereocenters. The number of halogens is 2. The Morgan fingerprint density at radius 2 is 1.75 bits per heavy atom. The Kier molecular flexibility index (Phi) is 2.76. The summed E-state index contributed by atoms with van der Waals surface area (Å²) < 4.78 is 25.6. The fourth-order valence-corrected chi connectivity index (χ4v) is 1.04. The quantitative estimate of drug-likeness (QED) is 0.723. The van der Waals surface area contributed by atoms with Gasteiger partial charge >= 0.3 is 0 Å². The second kappa shape index (κ2) is 3.63. The maximum absolute atomic E-state index is 12.8. The minimum atomic E-state index is -0.688. The summed E-state index contributed by atoms with van der Waals surface area (Å²) in [6.45, 7) is 1.39. The molecule has 0 radical (unpaired) electrons. The molecular weight excluding hydrogens is 162 g/mol. The van der Waals surface area contributed by atoms with Crippen LogP contribution in [0.15, 0.2) is 12.1 Å². The molecule has 0 aliphatic carbocycles. The monoisotopic (exact) mass is 172 g/mol.